The van der Waals surface area contributed by atoms with Gasteiger partial charge in [0.1, 0.15) is 0 Å². The van der Waals surface area contributed by atoms with Gasteiger partial charge in [-0.3, -0.25) is 0 Å². The first kappa shape index (κ1) is 12.9. The zero-order chi connectivity index (χ0) is 12.4. The minimum atomic E-state index is 0.413. The molecule has 0 unspecified atom stereocenters. The van der Waals surface area contributed by atoms with Crippen LogP contribution in [0.5, 0.6) is 0 Å². The molecule has 0 atom stereocenters. The maximum Gasteiger partial charge on any atom is 0.0516 e. The van der Waals surface area contributed by atoms with Crippen LogP contribution in [0.1, 0.15) is 36.8 Å². The normalized spacial score (nSPS) is 24.7. The summed E-state index contributed by atoms with van der Waals surface area (Å²) in [5.74, 6) is 0. The average Bonchev–Trinajstić information content (AvgIpc) is 2.26. The Kier molecular flexibility index (Phi) is 4.10. The minimum Gasteiger partial charge on any atom is -0.381 e. The van der Waals surface area contributed by atoms with Gasteiger partial charge in [0, 0.05) is 16.6 Å². The van der Waals surface area contributed by atoms with Crippen molar-refractivity contribution in [2.45, 2.75) is 51.6 Å². The molecule has 0 radical (unpaired) electrons. The van der Waals surface area contributed by atoms with E-state index >= 15 is 0 Å². The van der Waals surface area contributed by atoms with Crippen molar-refractivity contribution < 1.29 is 0 Å². The molecule has 1 aliphatic carbocycles. The van der Waals surface area contributed by atoms with Crippen LogP contribution in [-0.2, 0) is 0 Å². The third-order valence-corrected chi connectivity index (χ3v) is 4.18. The number of benzene rings is 1. The molecule has 1 saturated carbocycles. The summed E-state index contributed by atoms with van der Waals surface area (Å²) < 4.78 is 1.17. The van der Waals surface area contributed by atoms with Gasteiger partial charge in [0.25, 0.3) is 0 Å². The predicted octanol–water partition coefficient (Wildman–Crippen LogP) is 3.75. The number of nitrogens with one attached hydrogen (secondary N) is 1. The molecule has 1 fully saturated rings. The third kappa shape index (κ3) is 3.23. The molecule has 3 heteroatoms. The Labute approximate surface area is 112 Å². The molecule has 0 bridgehead atoms. The molecule has 3 N–H and O–H groups in total. The molecule has 1 aliphatic rings. The number of hydrogen-bond acceptors (Lipinski definition) is 2. The molecule has 2 rings (SSSR count). The van der Waals surface area contributed by atoms with Crippen LogP contribution in [0.3, 0.4) is 0 Å². The number of halogens is 1. The topological polar surface area (TPSA) is 38.0 Å². The van der Waals surface area contributed by atoms with Gasteiger partial charge < -0.3 is 11.1 Å². The maximum atomic E-state index is 5.93. The van der Waals surface area contributed by atoms with Crippen molar-refractivity contribution in [3.05, 3.63) is 27.7 Å². The van der Waals surface area contributed by atoms with Gasteiger partial charge in [0.15, 0.2) is 0 Å². The Bertz CT molecular complexity index is 372. The molecule has 0 spiro atoms. The van der Waals surface area contributed by atoms with Crippen molar-refractivity contribution in [1.29, 1.82) is 0 Å². The van der Waals surface area contributed by atoms with Crippen molar-refractivity contribution >= 4 is 21.6 Å². The zero-order valence-electron chi connectivity index (χ0n) is 10.6. The Morgan fingerprint density at radius 3 is 2.41 bits per heavy atom. The van der Waals surface area contributed by atoms with E-state index in [1.807, 2.05) is 0 Å². The lowest BCUT2D eigenvalue weighted by atomic mass is 9.91. The predicted molar refractivity (Wildman–Crippen MR) is 77.5 cm³/mol. The van der Waals surface area contributed by atoms with E-state index in [1.54, 1.807) is 0 Å². The van der Waals surface area contributed by atoms with E-state index in [1.165, 1.54) is 34.1 Å². The van der Waals surface area contributed by atoms with Gasteiger partial charge >= 0.3 is 0 Å². The lowest BCUT2D eigenvalue weighted by molar-refractivity contribution is 0.411. The van der Waals surface area contributed by atoms with Gasteiger partial charge in [0.05, 0.1) is 5.69 Å². The first-order valence-corrected chi connectivity index (χ1v) is 7.14. The molecular weight excluding hydrogens is 276 g/mol. The lowest BCUT2D eigenvalue weighted by Crippen LogP contribution is -2.33. The van der Waals surface area contributed by atoms with Gasteiger partial charge in [-0.25, -0.2) is 0 Å². The minimum absolute atomic E-state index is 0.413. The number of anilines is 1. The van der Waals surface area contributed by atoms with Gasteiger partial charge in [0.2, 0.25) is 0 Å². The second kappa shape index (κ2) is 5.40. The maximum absolute atomic E-state index is 5.93. The molecule has 0 saturated heterocycles. The molecule has 1 aromatic carbocycles. The summed E-state index contributed by atoms with van der Waals surface area (Å²) >= 11 is 3.65. The van der Waals surface area contributed by atoms with Crippen LogP contribution in [0, 0.1) is 13.8 Å². The first-order valence-electron chi connectivity index (χ1n) is 6.35. The summed E-state index contributed by atoms with van der Waals surface area (Å²) in [4.78, 5) is 0. The van der Waals surface area contributed by atoms with Gasteiger partial charge in [-0.1, -0.05) is 6.07 Å². The van der Waals surface area contributed by atoms with Gasteiger partial charge in [-0.05, 0) is 72.7 Å². The quantitative estimate of drug-likeness (QED) is 0.872. The number of rotatable bonds is 2. The second-order valence-corrected chi connectivity index (χ2v) is 6.05. The average molecular weight is 297 g/mol. The highest BCUT2D eigenvalue weighted by atomic mass is 79.9. The molecule has 2 nitrogen and oxygen atoms in total. The molecule has 0 heterocycles. The summed E-state index contributed by atoms with van der Waals surface area (Å²) in [6, 6.07) is 5.38. The largest absolute Gasteiger partial charge is 0.381 e. The number of aryl methyl sites for hydroxylation is 2. The highest BCUT2D eigenvalue weighted by Crippen LogP contribution is 2.30. The summed E-state index contributed by atoms with van der Waals surface area (Å²) in [5, 5.41) is 3.66. The third-order valence-electron chi connectivity index (χ3n) is 3.55. The molecule has 0 amide bonds. The summed E-state index contributed by atoms with van der Waals surface area (Å²) in [5.41, 5.74) is 9.79. The van der Waals surface area contributed by atoms with Crippen LogP contribution in [0.15, 0.2) is 16.6 Å². The zero-order valence-corrected chi connectivity index (χ0v) is 12.2. The van der Waals surface area contributed by atoms with Crippen molar-refractivity contribution in [3.8, 4) is 0 Å². The Morgan fingerprint density at radius 2 is 1.82 bits per heavy atom. The van der Waals surface area contributed by atoms with E-state index in [-0.39, 0.29) is 0 Å². The fraction of sp³-hybridized carbons (Fsp3) is 0.571. The smallest absolute Gasteiger partial charge is 0.0516 e. The van der Waals surface area contributed by atoms with Crippen molar-refractivity contribution in [2.24, 2.45) is 5.73 Å². The Balaban J connectivity index is 2.08. The second-order valence-electron chi connectivity index (χ2n) is 5.19. The number of nitrogens with two attached hydrogens (primary N) is 1. The van der Waals surface area contributed by atoms with Crippen LogP contribution in [0.25, 0.3) is 0 Å². The Hall–Kier alpha value is -0.540. The van der Waals surface area contributed by atoms with E-state index in [0.29, 0.717) is 12.1 Å². The van der Waals surface area contributed by atoms with Crippen LogP contribution < -0.4 is 11.1 Å². The van der Waals surface area contributed by atoms with Crippen LogP contribution in [0.2, 0.25) is 0 Å². The van der Waals surface area contributed by atoms with E-state index in [4.69, 9.17) is 5.73 Å². The molecule has 0 aliphatic heterocycles. The van der Waals surface area contributed by atoms with Crippen molar-refractivity contribution in [2.75, 3.05) is 5.32 Å². The summed E-state index contributed by atoms with van der Waals surface area (Å²) in [6.07, 6.45) is 4.64. The monoisotopic (exact) mass is 296 g/mol. The summed E-state index contributed by atoms with van der Waals surface area (Å²) in [6.45, 7) is 4.29. The van der Waals surface area contributed by atoms with E-state index in [9.17, 15) is 0 Å². The van der Waals surface area contributed by atoms with E-state index in [0.717, 1.165) is 12.8 Å². The van der Waals surface area contributed by atoms with Crippen LogP contribution in [-0.4, -0.2) is 12.1 Å². The van der Waals surface area contributed by atoms with Gasteiger partial charge in [-0.2, -0.15) is 0 Å². The lowest BCUT2D eigenvalue weighted by Gasteiger charge is -2.28. The summed E-state index contributed by atoms with van der Waals surface area (Å²) in [7, 11) is 0. The van der Waals surface area contributed by atoms with Crippen molar-refractivity contribution in [1.82, 2.24) is 0 Å². The van der Waals surface area contributed by atoms with Crippen LogP contribution in [0.4, 0.5) is 5.69 Å². The molecule has 17 heavy (non-hydrogen) atoms. The first-order chi connectivity index (χ1) is 8.06. The van der Waals surface area contributed by atoms with E-state index in [2.05, 4.69) is 47.2 Å². The fourth-order valence-electron chi connectivity index (χ4n) is 2.57. The molecule has 0 aromatic heterocycles. The molecule has 1 aromatic rings. The van der Waals surface area contributed by atoms with Gasteiger partial charge in [-0.15, -0.1) is 0 Å². The highest BCUT2D eigenvalue weighted by Gasteiger charge is 2.19. The van der Waals surface area contributed by atoms with Crippen molar-refractivity contribution in [3.63, 3.8) is 0 Å². The fourth-order valence-corrected chi connectivity index (χ4v) is 3.35. The van der Waals surface area contributed by atoms with E-state index < -0.39 is 0 Å². The molecule has 94 valence electrons. The highest BCUT2D eigenvalue weighted by molar-refractivity contribution is 9.10. The standard InChI is InChI=1S/C14H21BrN2/c1-9-7-10(2)14(13(15)8-9)17-12-5-3-11(16)4-6-12/h7-8,11-12,17H,3-6,16H2,1-2H3. The number of hydrogen-bond donors (Lipinski definition) is 2. The Morgan fingerprint density at radius 1 is 1.18 bits per heavy atom. The molecular formula is C14H21BrN2. The SMILES string of the molecule is Cc1cc(C)c(NC2CCC(N)CC2)c(Br)c1. The van der Waals surface area contributed by atoms with Crippen LogP contribution >= 0.6 is 15.9 Å².